The van der Waals surface area contributed by atoms with Crippen molar-refractivity contribution in [1.29, 1.82) is 0 Å². The Bertz CT molecular complexity index is 949. The number of alkyl halides is 3. The van der Waals surface area contributed by atoms with Crippen LogP contribution in [0.25, 0.3) is 0 Å². The fraction of sp³-hybridized carbons (Fsp3) is 0.450. The third kappa shape index (κ3) is 3.77. The van der Waals surface area contributed by atoms with Crippen LogP contribution in [0.1, 0.15) is 46.1 Å². The Morgan fingerprint density at radius 3 is 2.38 bits per heavy atom. The highest BCUT2D eigenvalue weighted by molar-refractivity contribution is 5.85. The number of carbonyl (C=O) groups is 1. The maximum atomic E-state index is 13.7. The minimum atomic E-state index is -4.52. The Morgan fingerprint density at radius 1 is 1.14 bits per heavy atom. The summed E-state index contributed by atoms with van der Waals surface area (Å²) in [6.45, 7) is 2.77. The van der Waals surface area contributed by atoms with Crippen LogP contribution in [0.4, 0.5) is 23.5 Å². The first kappa shape index (κ1) is 19.6. The monoisotopic (exact) mass is 409 g/mol. The summed E-state index contributed by atoms with van der Waals surface area (Å²) in [4.78, 5) is 21.5. The number of rotatable bonds is 3. The van der Waals surface area contributed by atoms with Gasteiger partial charge in [-0.05, 0) is 67.3 Å². The largest absolute Gasteiger partial charge is 0.477 e. The molecule has 0 unspecified atom stereocenters. The Kier molecular flexibility index (Phi) is 4.71. The zero-order chi connectivity index (χ0) is 20.9. The van der Waals surface area contributed by atoms with Gasteiger partial charge in [-0.25, -0.2) is 19.2 Å². The molecule has 2 aromatic rings. The summed E-state index contributed by atoms with van der Waals surface area (Å²) < 4.78 is 53.7. The number of aromatic carboxylic acids is 1. The molecule has 2 aliphatic rings. The second-order valence-electron chi connectivity index (χ2n) is 7.82. The number of aryl methyl sites for hydroxylation is 1. The third-order valence-corrected chi connectivity index (χ3v) is 5.85. The number of halogens is 4. The van der Waals surface area contributed by atoms with E-state index in [2.05, 4.69) is 9.97 Å². The van der Waals surface area contributed by atoms with Crippen LogP contribution in [0.5, 0.6) is 0 Å². The molecule has 29 heavy (non-hydrogen) atoms. The third-order valence-electron chi connectivity index (χ3n) is 5.85. The average Bonchev–Trinajstić information content (AvgIpc) is 3.19. The molecule has 1 aliphatic heterocycles. The molecule has 5 nitrogen and oxygen atoms in total. The predicted octanol–water partition coefficient (Wildman–Crippen LogP) is 4.27. The van der Waals surface area contributed by atoms with Gasteiger partial charge in [0.2, 0.25) is 5.95 Å². The van der Waals surface area contributed by atoms with Crippen molar-refractivity contribution in [3.05, 3.63) is 52.6 Å². The minimum Gasteiger partial charge on any atom is -0.477 e. The van der Waals surface area contributed by atoms with Gasteiger partial charge >= 0.3 is 12.1 Å². The number of hydrogen-bond donors (Lipinski definition) is 1. The molecule has 4 rings (SSSR count). The van der Waals surface area contributed by atoms with Gasteiger partial charge in [-0.15, -0.1) is 0 Å². The molecule has 2 heterocycles. The molecule has 0 amide bonds. The van der Waals surface area contributed by atoms with Crippen LogP contribution in [-0.2, 0) is 6.18 Å². The van der Waals surface area contributed by atoms with Gasteiger partial charge in [0.15, 0.2) is 5.69 Å². The Morgan fingerprint density at radius 2 is 1.79 bits per heavy atom. The van der Waals surface area contributed by atoms with E-state index in [1.54, 1.807) is 6.92 Å². The van der Waals surface area contributed by atoms with Crippen molar-refractivity contribution in [2.24, 2.45) is 11.8 Å². The lowest BCUT2D eigenvalue weighted by atomic mass is 9.91. The lowest BCUT2D eigenvalue weighted by Gasteiger charge is -2.22. The lowest BCUT2D eigenvalue weighted by molar-refractivity contribution is -0.138. The van der Waals surface area contributed by atoms with Crippen molar-refractivity contribution < 1.29 is 27.5 Å². The van der Waals surface area contributed by atoms with Crippen LogP contribution in [-0.4, -0.2) is 34.1 Å². The smallest absolute Gasteiger partial charge is 0.416 e. The molecule has 1 saturated heterocycles. The normalized spacial score (nSPS) is 24.0. The van der Waals surface area contributed by atoms with Crippen molar-refractivity contribution in [1.82, 2.24) is 9.97 Å². The Hall–Kier alpha value is -2.71. The first-order valence-corrected chi connectivity index (χ1v) is 9.32. The van der Waals surface area contributed by atoms with E-state index in [4.69, 9.17) is 0 Å². The van der Waals surface area contributed by atoms with Crippen LogP contribution in [0.2, 0.25) is 0 Å². The van der Waals surface area contributed by atoms with Gasteiger partial charge in [0.05, 0.1) is 5.56 Å². The predicted molar refractivity (Wildman–Crippen MR) is 96.3 cm³/mol. The average molecular weight is 409 g/mol. The summed E-state index contributed by atoms with van der Waals surface area (Å²) in [5, 5.41) is 9.18. The molecule has 0 bridgehead atoms. The molecule has 9 heteroatoms. The summed E-state index contributed by atoms with van der Waals surface area (Å²) in [6.07, 6.45) is -3.48. The number of carboxylic acid groups (broad SMARTS) is 1. The van der Waals surface area contributed by atoms with Crippen molar-refractivity contribution in [3.8, 4) is 0 Å². The maximum absolute atomic E-state index is 13.7. The van der Waals surface area contributed by atoms with Crippen LogP contribution >= 0.6 is 0 Å². The van der Waals surface area contributed by atoms with E-state index in [-0.39, 0.29) is 29.0 Å². The molecule has 0 radical (unpaired) electrons. The quantitative estimate of drug-likeness (QED) is 0.767. The van der Waals surface area contributed by atoms with Gasteiger partial charge in [0.25, 0.3) is 0 Å². The van der Waals surface area contributed by atoms with Crippen molar-refractivity contribution >= 4 is 11.9 Å². The van der Waals surface area contributed by atoms with E-state index < -0.39 is 23.5 Å². The molecular formula is C20H19F4N3O2. The van der Waals surface area contributed by atoms with E-state index in [9.17, 15) is 27.5 Å². The van der Waals surface area contributed by atoms with Crippen molar-refractivity contribution in [2.75, 3.05) is 18.0 Å². The number of aromatic nitrogens is 2. The molecule has 1 aliphatic carbocycles. The Balaban J connectivity index is 1.53. The molecule has 0 spiro atoms. The molecule has 1 N–H and O–H groups in total. The number of fused-ring (bicyclic) bond motifs is 1. The topological polar surface area (TPSA) is 66.3 Å². The zero-order valence-corrected chi connectivity index (χ0v) is 15.6. The van der Waals surface area contributed by atoms with Crippen LogP contribution in [0, 0.1) is 24.6 Å². The first-order valence-electron chi connectivity index (χ1n) is 9.32. The number of carboxylic acids is 1. The maximum Gasteiger partial charge on any atom is 0.416 e. The second-order valence-corrected chi connectivity index (χ2v) is 7.82. The molecule has 1 aromatic carbocycles. The summed E-state index contributed by atoms with van der Waals surface area (Å²) >= 11 is 0. The minimum absolute atomic E-state index is 0.0263. The summed E-state index contributed by atoms with van der Waals surface area (Å²) in [6, 6.07) is 4.06. The number of hydrogen-bond acceptors (Lipinski definition) is 4. The van der Waals surface area contributed by atoms with Gasteiger partial charge in [-0.3, -0.25) is 0 Å². The first-order chi connectivity index (χ1) is 13.6. The van der Waals surface area contributed by atoms with E-state index in [1.807, 2.05) is 4.90 Å². The van der Waals surface area contributed by atoms with E-state index in [1.165, 1.54) is 6.07 Å². The number of benzene rings is 1. The summed E-state index contributed by atoms with van der Waals surface area (Å²) in [5.41, 5.74) is -0.291. The lowest BCUT2D eigenvalue weighted by Crippen LogP contribution is -2.25. The molecule has 154 valence electrons. The van der Waals surface area contributed by atoms with E-state index in [0.29, 0.717) is 37.6 Å². The molecular weight excluding hydrogens is 390 g/mol. The molecule has 1 saturated carbocycles. The van der Waals surface area contributed by atoms with Gasteiger partial charge in [-0.1, -0.05) is 0 Å². The van der Waals surface area contributed by atoms with Crippen LogP contribution < -0.4 is 4.90 Å². The van der Waals surface area contributed by atoms with Gasteiger partial charge in [0, 0.05) is 18.8 Å². The van der Waals surface area contributed by atoms with Gasteiger partial charge < -0.3 is 10.0 Å². The highest BCUT2D eigenvalue weighted by Crippen LogP contribution is 2.49. The second kappa shape index (κ2) is 6.96. The summed E-state index contributed by atoms with van der Waals surface area (Å²) in [7, 11) is 0. The number of anilines is 1. The van der Waals surface area contributed by atoms with Gasteiger partial charge in [-0.2, -0.15) is 13.2 Å². The standard InChI is InChI=1S/C20H19F4N3O2/c1-10-4-17(18(28)29)26-19(25-10)27-8-12-5-11(6-13(12)9-27)15-7-14(21)2-3-16(15)20(22,23)24/h2-4,7,11-13H,5-6,8-9H2,1H3,(H,28,29)/t11-,12+,13-. The summed E-state index contributed by atoms with van der Waals surface area (Å²) in [5.74, 6) is -1.57. The highest BCUT2D eigenvalue weighted by atomic mass is 19.4. The fourth-order valence-electron chi connectivity index (χ4n) is 4.65. The SMILES string of the molecule is Cc1cc(C(=O)O)nc(N2C[C@H]3C[C@H](c4cc(F)ccc4C(F)(F)F)C[C@H]3C2)n1. The zero-order valence-electron chi connectivity index (χ0n) is 15.6. The number of nitrogens with zero attached hydrogens (tertiary/aromatic N) is 3. The van der Waals surface area contributed by atoms with E-state index >= 15 is 0 Å². The van der Waals surface area contributed by atoms with Crippen molar-refractivity contribution in [2.45, 2.75) is 31.9 Å². The van der Waals surface area contributed by atoms with E-state index in [0.717, 1.165) is 18.2 Å². The highest BCUT2D eigenvalue weighted by Gasteiger charge is 2.45. The molecule has 3 atom stereocenters. The molecule has 2 fully saturated rings. The van der Waals surface area contributed by atoms with Crippen LogP contribution in [0.3, 0.4) is 0 Å². The Labute approximate surface area is 164 Å². The van der Waals surface area contributed by atoms with Crippen molar-refractivity contribution in [3.63, 3.8) is 0 Å². The van der Waals surface area contributed by atoms with Gasteiger partial charge in [0.1, 0.15) is 5.82 Å². The molecule has 1 aromatic heterocycles. The van der Waals surface area contributed by atoms with Crippen LogP contribution in [0.15, 0.2) is 24.3 Å². The fourth-order valence-corrected chi connectivity index (χ4v) is 4.65.